The number of hydrogen-bond acceptors (Lipinski definition) is 5. The predicted octanol–water partition coefficient (Wildman–Crippen LogP) is 4.74. The highest BCUT2D eigenvalue weighted by molar-refractivity contribution is 6.01. The number of benzene rings is 2. The lowest BCUT2D eigenvalue weighted by Gasteiger charge is -2.33. The topological polar surface area (TPSA) is 94.0 Å². The average Bonchev–Trinajstić information content (AvgIpc) is 3.33. The monoisotopic (exact) mass is 487 g/mol. The van der Waals surface area contributed by atoms with E-state index in [1.54, 1.807) is 37.5 Å². The molecule has 1 fully saturated rings. The van der Waals surface area contributed by atoms with E-state index in [-0.39, 0.29) is 17.8 Å². The first-order valence-corrected chi connectivity index (χ1v) is 12.1. The number of nitriles is 1. The van der Waals surface area contributed by atoms with Crippen molar-refractivity contribution in [2.45, 2.75) is 25.3 Å². The van der Waals surface area contributed by atoms with Crippen molar-refractivity contribution in [2.75, 3.05) is 33.4 Å². The number of nitrogens with one attached hydrogen (secondary N) is 2. The molecular weight excluding hydrogens is 457 g/mol. The summed E-state index contributed by atoms with van der Waals surface area (Å²) in [5, 5.41) is 20.5. The van der Waals surface area contributed by atoms with Crippen molar-refractivity contribution in [1.82, 2.24) is 20.4 Å². The predicted molar refractivity (Wildman–Crippen MR) is 138 cm³/mol. The van der Waals surface area contributed by atoms with E-state index in [1.165, 1.54) is 6.08 Å². The fraction of sp³-hybridized carbons (Fsp3) is 0.321. The summed E-state index contributed by atoms with van der Waals surface area (Å²) in [5.74, 6) is -0.301. The van der Waals surface area contributed by atoms with Crippen LogP contribution in [0.25, 0.3) is 22.2 Å². The molecule has 8 heteroatoms. The third-order valence-electron chi connectivity index (χ3n) is 6.30. The number of methoxy groups -OCH3 is 1. The molecule has 4 rings (SSSR count). The SMILES string of the molecule is COCC=CC=C(F)CCN1CCCC(NC(=O)c2ccc3[nH]nc(-c4ccc(C#N)cc4)c3c2)C1. The Bertz CT molecular complexity index is 1290. The second kappa shape index (κ2) is 12.2. The molecule has 1 saturated heterocycles. The van der Waals surface area contributed by atoms with E-state index in [9.17, 15) is 9.18 Å². The smallest absolute Gasteiger partial charge is 0.251 e. The summed E-state index contributed by atoms with van der Waals surface area (Å²) in [6, 6.07) is 14.8. The lowest BCUT2D eigenvalue weighted by atomic mass is 10.0. The summed E-state index contributed by atoms with van der Waals surface area (Å²) in [4.78, 5) is 15.3. The van der Waals surface area contributed by atoms with Gasteiger partial charge in [0.05, 0.1) is 29.5 Å². The van der Waals surface area contributed by atoms with E-state index in [2.05, 4.69) is 26.5 Å². The zero-order chi connectivity index (χ0) is 25.3. The van der Waals surface area contributed by atoms with Gasteiger partial charge in [-0.15, -0.1) is 0 Å². The summed E-state index contributed by atoms with van der Waals surface area (Å²) in [7, 11) is 1.60. The highest BCUT2D eigenvalue weighted by Crippen LogP contribution is 2.27. The number of amides is 1. The van der Waals surface area contributed by atoms with Crippen LogP contribution in [0.3, 0.4) is 0 Å². The van der Waals surface area contributed by atoms with Crippen LogP contribution >= 0.6 is 0 Å². The Labute approximate surface area is 210 Å². The van der Waals surface area contributed by atoms with Crippen molar-refractivity contribution >= 4 is 16.8 Å². The number of carbonyl (C=O) groups is 1. The molecule has 2 aromatic carbocycles. The zero-order valence-corrected chi connectivity index (χ0v) is 20.3. The minimum Gasteiger partial charge on any atom is -0.381 e. The number of aromatic amines is 1. The number of piperidine rings is 1. The Balaban J connectivity index is 1.38. The van der Waals surface area contributed by atoms with Gasteiger partial charge in [0.15, 0.2) is 0 Å². The van der Waals surface area contributed by atoms with Crippen LogP contribution in [0, 0.1) is 11.3 Å². The summed E-state index contributed by atoms with van der Waals surface area (Å²) >= 11 is 0. The minimum absolute atomic E-state index is 0.0120. The third kappa shape index (κ3) is 6.45. The number of aromatic nitrogens is 2. The normalized spacial score (nSPS) is 16.9. The number of carbonyl (C=O) groups excluding carboxylic acids is 1. The summed E-state index contributed by atoms with van der Waals surface area (Å²) in [6.45, 7) is 2.67. The third-order valence-corrected chi connectivity index (χ3v) is 6.30. The van der Waals surface area contributed by atoms with Gasteiger partial charge in [-0.1, -0.05) is 24.3 Å². The fourth-order valence-electron chi connectivity index (χ4n) is 4.40. The minimum atomic E-state index is -0.167. The molecule has 186 valence electrons. The zero-order valence-electron chi connectivity index (χ0n) is 20.3. The highest BCUT2D eigenvalue weighted by atomic mass is 19.1. The van der Waals surface area contributed by atoms with Crippen LogP contribution in [0.4, 0.5) is 4.39 Å². The molecule has 1 atom stereocenters. The van der Waals surface area contributed by atoms with Gasteiger partial charge in [-0.2, -0.15) is 10.4 Å². The van der Waals surface area contributed by atoms with Crippen LogP contribution in [0.5, 0.6) is 0 Å². The molecule has 1 amide bonds. The van der Waals surface area contributed by atoms with Crippen molar-refractivity contribution in [1.29, 1.82) is 5.26 Å². The quantitative estimate of drug-likeness (QED) is 0.425. The number of ether oxygens (including phenoxy) is 1. The van der Waals surface area contributed by atoms with Gasteiger partial charge in [-0.3, -0.25) is 9.89 Å². The number of H-pyrrole nitrogens is 1. The molecule has 1 aliphatic heterocycles. The van der Waals surface area contributed by atoms with Gasteiger partial charge in [0.25, 0.3) is 5.91 Å². The fourth-order valence-corrected chi connectivity index (χ4v) is 4.40. The second-order valence-corrected chi connectivity index (χ2v) is 8.88. The number of allylic oxidation sites excluding steroid dienone is 2. The van der Waals surface area contributed by atoms with Gasteiger partial charge in [0, 0.05) is 49.2 Å². The molecule has 0 spiro atoms. The van der Waals surface area contributed by atoms with Gasteiger partial charge in [-0.05, 0) is 55.8 Å². The molecule has 1 unspecified atom stereocenters. The lowest BCUT2D eigenvalue weighted by molar-refractivity contribution is 0.0903. The van der Waals surface area contributed by atoms with Crippen LogP contribution in [0.2, 0.25) is 0 Å². The Morgan fingerprint density at radius 2 is 2.17 bits per heavy atom. The molecule has 0 bridgehead atoms. The maximum atomic E-state index is 14.1. The van der Waals surface area contributed by atoms with Gasteiger partial charge < -0.3 is 15.0 Å². The van der Waals surface area contributed by atoms with Gasteiger partial charge >= 0.3 is 0 Å². The molecule has 1 aliphatic rings. The number of hydrogen-bond donors (Lipinski definition) is 2. The number of rotatable bonds is 9. The maximum absolute atomic E-state index is 14.1. The maximum Gasteiger partial charge on any atom is 0.251 e. The van der Waals surface area contributed by atoms with Gasteiger partial charge in [0.2, 0.25) is 0 Å². The van der Waals surface area contributed by atoms with E-state index in [0.717, 1.165) is 41.5 Å². The molecular formula is C28H30FN5O2. The molecule has 0 saturated carbocycles. The van der Waals surface area contributed by atoms with Crippen LogP contribution in [0.1, 0.15) is 35.2 Å². The van der Waals surface area contributed by atoms with Crippen molar-refractivity contribution in [3.63, 3.8) is 0 Å². The van der Waals surface area contributed by atoms with Crippen molar-refractivity contribution in [2.24, 2.45) is 0 Å². The molecule has 2 heterocycles. The standard InChI is InChI=1S/C28H30FN5O2/c1-36-16-3-2-5-23(29)13-15-34-14-4-6-24(19-34)31-28(35)22-11-12-26-25(17-22)27(33-32-26)21-9-7-20(18-30)8-10-21/h2-3,5,7-12,17,24H,4,6,13-16,19H2,1H3,(H,31,35)(H,32,33). The van der Waals surface area contributed by atoms with Crippen molar-refractivity contribution < 1.29 is 13.9 Å². The molecule has 0 radical (unpaired) electrons. The lowest BCUT2D eigenvalue weighted by Crippen LogP contribution is -2.47. The Hall–Kier alpha value is -3.80. The average molecular weight is 488 g/mol. The van der Waals surface area contributed by atoms with E-state index in [1.807, 2.05) is 24.3 Å². The first-order chi connectivity index (χ1) is 17.6. The first kappa shape index (κ1) is 25.3. The highest BCUT2D eigenvalue weighted by Gasteiger charge is 2.22. The summed E-state index contributed by atoms with van der Waals surface area (Å²) in [5.41, 5.74) is 3.59. The Kier molecular flexibility index (Phi) is 8.61. The van der Waals surface area contributed by atoms with E-state index < -0.39 is 0 Å². The first-order valence-electron chi connectivity index (χ1n) is 12.1. The number of nitrogens with zero attached hydrogens (tertiary/aromatic N) is 3. The summed E-state index contributed by atoms with van der Waals surface area (Å²) < 4.78 is 19.0. The molecule has 1 aromatic heterocycles. The van der Waals surface area contributed by atoms with E-state index in [4.69, 9.17) is 10.00 Å². The van der Waals surface area contributed by atoms with Crippen LogP contribution in [0.15, 0.2) is 66.5 Å². The number of halogens is 1. The van der Waals surface area contributed by atoms with Gasteiger partial charge in [0.1, 0.15) is 5.83 Å². The molecule has 36 heavy (non-hydrogen) atoms. The van der Waals surface area contributed by atoms with Crippen molar-refractivity contribution in [3.8, 4) is 17.3 Å². The molecule has 3 aromatic rings. The van der Waals surface area contributed by atoms with E-state index >= 15 is 0 Å². The largest absolute Gasteiger partial charge is 0.381 e. The summed E-state index contributed by atoms with van der Waals surface area (Å²) in [6.07, 6.45) is 7.09. The number of likely N-dealkylation sites (tertiary alicyclic amines) is 1. The van der Waals surface area contributed by atoms with Crippen molar-refractivity contribution in [3.05, 3.63) is 77.6 Å². The molecule has 2 N–H and O–H groups in total. The molecule has 7 nitrogen and oxygen atoms in total. The second-order valence-electron chi connectivity index (χ2n) is 8.88. The Morgan fingerprint density at radius 1 is 1.33 bits per heavy atom. The van der Waals surface area contributed by atoms with Crippen LogP contribution in [-0.4, -0.2) is 60.4 Å². The van der Waals surface area contributed by atoms with E-state index in [0.29, 0.717) is 37.2 Å². The van der Waals surface area contributed by atoms with Crippen LogP contribution in [-0.2, 0) is 4.74 Å². The molecule has 0 aliphatic carbocycles. The van der Waals surface area contributed by atoms with Gasteiger partial charge in [-0.25, -0.2) is 4.39 Å². The number of fused-ring (bicyclic) bond motifs is 1. The Morgan fingerprint density at radius 3 is 2.94 bits per heavy atom. The van der Waals surface area contributed by atoms with Crippen LogP contribution < -0.4 is 5.32 Å².